The number of fused-ring (bicyclic) bond motifs is 3. The Labute approximate surface area is 133 Å². The molecule has 0 aliphatic heterocycles. The number of aromatic nitrogens is 1. The smallest absolute Gasteiger partial charge is 1.00 e. The Hall–Kier alpha value is -1.26. The summed E-state index contributed by atoms with van der Waals surface area (Å²) in [5.41, 5.74) is 14.3. The Bertz CT molecular complexity index is 650. The number of halogens is 2. The van der Waals surface area contributed by atoms with Gasteiger partial charge in [0.05, 0.1) is 17.2 Å². The topological polar surface area (TPSA) is 57.0 Å². The van der Waals surface area contributed by atoms with Crippen LogP contribution in [0.1, 0.15) is 15.4 Å². The quantitative estimate of drug-likeness (QED) is 0.536. The summed E-state index contributed by atoms with van der Waals surface area (Å²) in [7, 11) is 0. The molecule has 1 heterocycles. The Balaban J connectivity index is 0. The van der Waals surface area contributed by atoms with Crippen molar-refractivity contribution in [3.8, 4) is 0 Å². The molecule has 0 saturated carbocycles. The number of nitrogens with zero attached hydrogens (tertiary/aromatic N) is 1. The van der Waals surface area contributed by atoms with Crippen molar-refractivity contribution >= 4 is 21.8 Å². The second-order valence-corrected chi connectivity index (χ2v) is 4.55. The Morgan fingerprint density at radius 3 is 1.80 bits per heavy atom. The molecule has 0 amide bonds. The van der Waals surface area contributed by atoms with Crippen LogP contribution in [0.2, 0.25) is 0 Å². The highest BCUT2D eigenvalue weighted by Crippen LogP contribution is 2.30. The zero-order valence-electron chi connectivity index (χ0n) is 13.0. The molecule has 0 aliphatic rings. The molecule has 108 valence electrons. The second kappa shape index (κ2) is 6.95. The van der Waals surface area contributed by atoms with Gasteiger partial charge in [-0.1, -0.05) is 36.4 Å². The molecule has 0 bridgehead atoms. The SMILES string of the molecule is NCCC(N)n1c2ccccc2c2ccccc21.[Cl-].[Cl-].[H+].[H+]. The van der Waals surface area contributed by atoms with Crippen LogP contribution < -0.4 is 36.3 Å². The maximum atomic E-state index is 6.27. The van der Waals surface area contributed by atoms with Gasteiger partial charge in [-0.05, 0) is 25.1 Å². The van der Waals surface area contributed by atoms with Gasteiger partial charge in [-0.3, -0.25) is 0 Å². The lowest BCUT2D eigenvalue weighted by Crippen LogP contribution is -3.00. The van der Waals surface area contributed by atoms with Gasteiger partial charge < -0.3 is 40.8 Å². The molecule has 3 rings (SSSR count). The second-order valence-electron chi connectivity index (χ2n) is 4.55. The number of para-hydroxylation sites is 2. The predicted octanol–water partition coefficient (Wildman–Crippen LogP) is -3.17. The lowest BCUT2D eigenvalue weighted by molar-refractivity contribution is -0.001000. The van der Waals surface area contributed by atoms with E-state index in [4.69, 9.17) is 11.5 Å². The molecule has 0 aliphatic carbocycles. The predicted molar refractivity (Wildman–Crippen MR) is 78.6 cm³/mol. The van der Waals surface area contributed by atoms with E-state index >= 15 is 0 Å². The lowest BCUT2D eigenvalue weighted by atomic mass is 10.2. The van der Waals surface area contributed by atoms with Gasteiger partial charge in [0, 0.05) is 10.8 Å². The number of benzene rings is 2. The third-order valence-corrected chi connectivity index (χ3v) is 3.41. The number of nitrogens with two attached hydrogens (primary N) is 2. The highest BCUT2D eigenvalue weighted by molar-refractivity contribution is 6.08. The van der Waals surface area contributed by atoms with Crippen molar-refractivity contribution in [2.45, 2.75) is 12.6 Å². The fourth-order valence-electron chi connectivity index (χ4n) is 2.61. The van der Waals surface area contributed by atoms with Crippen LogP contribution in [0.3, 0.4) is 0 Å². The minimum atomic E-state index is -0.0696. The zero-order valence-corrected chi connectivity index (χ0v) is 12.5. The molecule has 4 N–H and O–H groups in total. The number of hydrogen-bond donors (Lipinski definition) is 2. The fourth-order valence-corrected chi connectivity index (χ4v) is 2.61. The third kappa shape index (κ3) is 2.63. The summed E-state index contributed by atoms with van der Waals surface area (Å²) in [4.78, 5) is 0. The first-order chi connectivity index (χ1) is 8.83. The maximum Gasteiger partial charge on any atom is 1.00 e. The van der Waals surface area contributed by atoms with Crippen molar-refractivity contribution in [3.05, 3.63) is 48.5 Å². The van der Waals surface area contributed by atoms with Crippen molar-refractivity contribution in [2.75, 3.05) is 6.54 Å². The van der Waals surface area contributed by atoms with Crippen LogP contribution in [0.5, 0.6) is 0 Å². The van der Waals surface area contributed by atoms with E-state index in [0.717, 1.165) is 6.42 Å². The zero-order chi connectivity index (χ0) is 12.5. The number of rotatable bonds is 3. The summed E-state index contributed by atoms with van der Waals surface area (Å²) in [6.07, 6.45) is 0.711. The molecule has 2 aromatic carbocycles. The molecule has 3 nitrogen and oxygen atoms in total. The highest BCUT2D eigenvalue weighted by Gasteiger charge is 2.13. The largest absolute Gasteiger partial charge is 1.00 e. The summed E-state index contributed by atoms with van der Waals surface area (Å²) in [5, 5.41) is 2.50. The first-order valence-electron chi connectivity index (χ1n) is 6.26. The minimum Gasteiger partial charge on any atom is -1.00 e. The molecular weight excluding hydrogens is 293 g/mol. The lowest BCUT2D eigenvalue weighted by Gasteiger charge is -2.15. The summed E-state index contributed by atoms with van der Waals surface area (Å²) >= 11 is 0. The molecule has 3 aromatic rings. The van der Waals surface area contributed by atoms with Crippen molar-refractivity contribution in [1.82, 2.24) is 4.57 Å². The monoisotopic (exact) mass is 311 g/mol. The van der Waals surface area contributed by atoms with Gasteiger partial charge in [0.25, 0.3) is 0 Å². The van der Waals surface area contributed by atoms with E-state index in [1.165, 1.54) is 21.8 Å². The molecule has 1 atom stereocenters. The van der Waals surface area contributed by atoms with E-state index in [9.17, 15) is 0 Å². The third-order valence-electron chi connectivity index (χ3n) is 3.41. The Kier molecular flexibility index (Phi) is 5.84. The fraction of sp³-hybridized carbons (Fsp3) is 0.200. The summed E-state index contributed by atoms with van der Waals surface area (Å²) in [5.74, 6) is 0. The van der Waals surface area contributed by atoms with Gasteiger partial charge in [0.1, 0.15) is 0 Å². The van der Waals surface area contributed by atoms with Gasteiger partial charge >= 0.3 is 2.85 Å². The average Bonchev–Trinajstić information content (AvgIpc) is 2.73. The van der Waals surface area contributed by atoms with Crippen molar-refractivity contribution in [1.29, 1.82) is 0 Å². The van der Waals surface area contributed by atoms with Crippen LogP contribution in [0.15, 0.2) is 48.5 Å². The molecule has 0 radical (unpaired) electrons. The average molecular weight is 312 g/mol. The van der Waals surface area contributed by atoms with E-state index in [-0.39, 0.29) is 33.8 Å². The van der Waals surface area contributed by atoms with Crippen molar-refractivity contribution in [3.63, 3.8) is 0 Å². The summed E-state index contributed by atoms with van der Waals surface area (Å²) < 4.78 is 2.19. The van der Waals surface area contributed by atoms with E-state index in [0.29, 0.717) is 6.54 Å². The summed E-state index contributed by atoms with van der Waals surface area (Å²) in [6, 6.07) is 16.7. The normalized spacial score (nSPS) is 11.9. The molecule has 0 spiro atoms. The van der Waals surface area contributed by atoms with E-state index in [2.05, 4.69) is 41.0 Å². The van der Waals surface area contributed by atoms with Crippen LogP contribution in [0, 0.1) is 0 Å². The van der Waals surface area contributed by atoms with Crippen LogP contribution in [-0.2, 0) is 0 Å². The van der Waals surface area contributed by atoms with Gasteiger partial charge in [-0.2, -0.15) is 0 Å². The van der Waals surface area contributed by atoms with Gasteiger partial charge in [-0.15, -0.1) is 0 Å². The van der Waals surface area contributed by atoms with Crippen molar-refractivity contribution < 1.29 is 27.7 Å². The van der Waals surface area contributed by atoms with Crippen molar-refractivity contribution in [2.24, 2.45) is 11.5 Å². The van der Waals surface area contributed by atoms with Gasteiger partial charge in [0.15, 0.2) is 0 Å². The molecular formula is C15H19Cl2N3. The molecule has 0 saturated heterocycles. The first-order valence-corrected chi connectivity index (χ1v) is 6.26. The Morgan fingerprint density at radius 2 is 1.35 bits per heavy atom. The van der Waals surface area contributed by atoms with Crippen LogP contribution >= 0.6 is 0 Å². The standard InChI is InChI=1S/C15H17N3.2ClH/c16-10-9-15(17)18-13-7-3-1-5-11(13)12-6-2-4-8-14(12)18;;/h1-8,15H,9-10,16-17H2;2*1H. The molecule has 20 heavy (non-hydrogen) atoms. The molecule has 1 aromatic heterocycles. The van der Waals surface area contributed by atoms with E-state index in [1.54, 1.807) is 0 Å². The molecule has 0 fully saturated rings. The van der Waals surface area contributed by atoms with Crippen LogP contribution in [0.4, 0.5) is 0 Å². The van der Waals surface area contributed by atoms with E-state index in [1.807, 2.05) is 12.1 Å². The van der Waals surface area contributed by atoms with Crippen LogP contribution in [0.25, 0.3) is 21.8 Å². The summed E-state index contributed by atoms with van der Waals surface area (Å²) in [6.45, 7) is 0.599. The van der Waals surface area contributed by atoms with Gasteiger partial charge in [0.2, 0.25) is 0 Å². The number of hydrogen-bond acceptors (Lipinski definition) is 2. The van der Waals surface area contributed by atoms with Gasteiger partial charge in [-0.25, -0.2) is 0 Å². The Morgan fingerprint density at radius 1 is 0.900 bits per heavy atom. The highest BCUT2D eigenvalue weighted by atomic mass is 35.5. The first kappa shape index (κ1) is 16.8. The van der Waals surface area contributed by atoms with Crippen LogP contribution in [-0.4, -0.2) is 11.1 Å². The minimum absolute atomic E-state index is 0. The molecule has 1 unspecified atom stereocenters. The maximum absolute atomic E-state index is 6.27. The molecule has 5 heteroatoms. The van der Waals surface area contributed by atoms with E-state index < -0.39 is 0 Å².